The molecule has 1 aromatic heterocycles. The second kappa shape index (κ2) is 7.82. The van der Waals surface area contributed by atoms with Crippen LogP contribution in [-0.4, -0.2) is 50.6 Å². The first-order valence-corrected chi connectivity index (χ1v) is 10.5. The van der Waals surface area contributed by atoms with Crippen molar-refractivity contribution >= 4 is 21.1 Å². The molecule has 2 N–H and O–H groups in total. The maximum atomic E-state index is 12.7. The van der Waals surface area contributed by atoms with Gasteiger partial charge in [0.05, 0.1) is 13.2 Å². The molecule has 0 bridgehead atoms. The van der Waals surface area contributed by atoms with Crippen LogP contribution in [0.4, 0.5) is 0 Å². The summed E-state index contributed by atoms with van der Waals surface area (Å²) in [6.07, 6.45) is 1.98. The van der Waals surface area contributed by atoms with Gasteiger partial charge in [0.1, 0.15) is 0 Å². The van der Waals surface area contributed by atoms with E-state index in [0.717, 1.165) is 22.0 Å². The summed E-state index contributed by atoms with van der Waals surface area (Å²) in [7, 11) is -3.54. The Morgan fingerprint density at radius 2 is 1.74 bits per heavy atom. The van der Waals surface area contributed by atoms with E-state index in [1.165, 1.54) is 4.31 Å². The van der Waals surface area contributed by atoms with E-state index in [-0.39, 0.29) is 5.92 Å². The third-order valence-corrected chi connectivity index (χ3v) is 6.55. The van der Waals surface area contributed by atoms with Crippen molar-refractivity contribution in [2.45, 2.75) is 5.92 Å². The maximum Gasteiger partial charge on any atom is 0.279 e. The molecule has 1 fully saturated rings. The fraction of sp³-hybridized carbons (Fsp3) is 0.300. The third-order valence-electron chi connectivity index (χ3n) is 4.98. The molecule has 1 atom stereocenters. The number of benzene rings is 2. The summed E-state index contributed by atoms with van der Waals surface area (Å²) < 4.78 is 34.9. The third kappa shape index (κ3) is 3.91. The summed E-state index contributed by atoms with van der Waals surface area (Å²) in [5.41, 5.74) is 3.21. The predicted octanol–water partition coefficient (Wildman–Crippen LogP) is 2.47. The molecule has 0 radical (unpaired) electrons. The summed E-state index contributed by atoms with van der Waals surface area (Å²) in [5.74, 6) is -0.0850. The maximum absolute atomic E-state index is 12.7. The monoisotopic (exact) mass is 385 g/mol. The molecule has 1 aliphatic heterocycles. The molecule has 2 aromatic carbocycles. The lowest BCUT2D eigenvalue weighted by Crippen LogP contribution is -2.47. The number of rotatable bonds is 6. The SMILES string of the molecule is O=S(=O)(NC[C@@H](c1ccccc1)c1c[nH]c2ccccc12)N1CCOCC1. The van der Waals surface area contributed by atoms with E-state index >= 15 is 0 Å². The molecule has 2 heterocycles. The highest BCUT2D eigenvalue weighted by molar-refractivity contribution is 7.87. The van der Waals surface area contributed by atoms with Gasteiger partial charge in [0.25, 0.3) is 10.2 Å². The fourth-order valence-electron chi connectivity index (χ4n) is 3.54. The van der Waals surface area contributed by atoms with Crippen molar-refractivity contribution in [3.63, 3.8) is 0 Å². The molecule has 142 valence electrons. The van der Waals surface area contributed by atoms with Crippen molar-refractivity contribution in [2.24, 2.45) is 0 Å². The van der Waals surface area contributed by atoms with E-state index in [9.17, 15) is 8.42 Å². The molecule has 0 saturated carbocycles. The van der Waals surface area contributed by atoms with Crippen LogP contribution in [0.5, 0.6) is 0 Å². The number of fused-ring (bicyclic) bond motifs is 1. The molecule has 0 unspecified atom stereocenters. The Morgan fingerprint density at radius 3 is 2.52 bits per heavy atom. The van der Waals surface area contributed by atoms with E-state index in [0.29, 0.717) is 32.8 Å². The van der Waals surface area contributed by atoms with Gasteiger partial charge in [-0.15, -0.1) is 0 Å². The second-order valence-corrected chi connectivity index (χ2v) is 8.37. The summed E-state index contributed by atoms with van der Waals surface area (Å²) in [6.45, 7) is 1.94. The highest BCUT2D eigenvalue weighted by atomic mass is 32.2. The topological polar surface area (TPSA) is 74.4 Å². The Balaban J connectivity index is 1.63. The summed E-state index contributed by atoms with van der Waals surface area (Å²) in [4.78, 5) is 3.29. The highest BCUT2D eigenvalue weighted by Gasteiger charge is 2.26. The predicted molar refractivity (Wildman–Crippen MR) is 106 cm³/mol. The van der Waals surface area contributed by atoms with Crippen LogP contribution >= 0.6 is 0 Å². The molecule has 3 aromatic rings. The standard InChI is InChI=1S/C20H23N3O3S/c24-27(25,23-10-12-26-13-11-23)22-15-18(16-6-2-1-3-7-16)19-14-21-20-9-5-4-8-17(19)20/h1-9,14,18,21-22H,10-13,15H2/t18-/m0/s1. The number of nitrogens with one attached hydrogen (secondary N) is 2. The first kappa shape index (κ1) is 18.2. The summed E-state index contributed by atoms with van der Waals surface area (Å²) in [5, 5.41) is 1.11. The lowest BCUT2D eigenvalue weighted by Gasteiger charge is -2.27. The smallest absolute Gasteiger partial charge is 0.279 e. The van der Waals surface area contributed by atoms with Crippen molar-refractivity contribution in [2.75, 3.05) is 32.8 Å². The normalized spacial score (nSPS) is 17.2. The summed E-state index contributed by atoms with van der Waals surface area (Å²) in [6, 6.07) is 18.1. The van der Waals surface area contributed by atoms with Gasteiger partial charge in [0.15, 0.2) is 0 Å². The van der Waals surface area contributed by atoms with Crippen LogP contribution in [0.25, 0.3) is 10.9 Å². The molecule has 1 saturated heterocycles. The van der Waals surface area contributed by atoms with Crippen molar-refractivity contribution in [3.8, 4) is 0 Å². The number of para-hydroxylation sites is 1. The van der Waals surface area contributed by atoms with Gasteiger partial charge in [-0.25, -0.2) is 4.72 Å². The van der Waals surface area contributed by atoms with E-state index in [2.05, 4.69) is 15.8 Å². The minimum atomic E-state index is -3.54. The molecule has 7 heteroatoms. The zero-order valence-corrected chi connectivity index (χ0v) is 15.8. The largest absolute Gasteiger partial charge is 0.379 e. The molecule has 0 amide bonds. The minimum Gasteiger partial charge on any atom is -0.379 e. The van der Waals surface area contributed by atoms with Gasteiger partial charge in [0.2, 0.25) is 0 Å². The first-order chi connectivity index (χ1) is 13.1. The van der Waals surface area contributed by atoms with Crippen LogP contribution in [0.1, 0.15) is 17.0 Å². The van der Waals surface area contributed by atoms with Crippen LogP contribution in [0, 0.1) is 0 Å². The molecule has 27 heavy (non-hydrogen) atoms. The summed E-state index contributed by atoms with van der Waals surface area (Å²) >= 11 is 0. The van der Waals surface area contributed by atoms with Gasteiger partial charge in [-0.1, -0.05) is 48.5 Å². The van der Waals surface area contributed by atoms with Gasteiger partial charge in [-0.05, 0) is 17.2 Å². The van der Waals surface area contributed by atoms with Gasteiger partial charge in [0, 0.05) is 42.7 Å². The van der Waals surface area contributed by atoms with E-state index < -0.39 is 10.2 Å². The van der Waals surface area contributed by atoms with Crippen LogP contribution < -0.4 is 4.72 Å². The van der Waals surface area contributed by atoms with Crippen molar-refractivity contribution < 1.29 is 13.2 Å². The van der Waals surface area contributed by atoms with Crippen LogP contribution in [0.3, 0.4) is 0 Å². The number of H-pyrrole nitrogens is 1. The minimum absolute atomic E-state index is 0.0850. The average Bonchev–Trinajstić information content (AvgIpc) is 3.14. The number of aromatic amines is 1. The molecular formula is C20H23N3O3S. The molecule has 0 spiro atoms. The van der Waals surface area contributed by atoms with Gasteiger partial charge in [-0.3, -0.25) is 0 Å². The van der Waals surface area contributed by atoms with E-state index in [1.54, 1.807) is 0 Å². The zero-order valence-electron chi connectivity index (χ0n) is 15.0. The Labute approximate surface area is 159 Å². The van der Waals surface area contributed by atoms with Gasteiger partial charge >= 0.3 is 0 Å². The number of nitrogens with zero attached hydrogens (tertiary/aromatic N) is 1. The molecule has 1 aliphatic rings. The van der Waals surface area contributed by atoms with Crippen LogP contribution in [0.2, 0.25) is 0 Å². The second-order valence-electron chi connectivity index (χ2n) is 6.62. The van der Waals surface area contributed by atoms with Crippen molar-refractivity contribution in [1.82, 2.24) is 14.0 Å². The number of aromatic nitrogens is 1. The van der Waals surface area contributed by atoms with Gasteiger partial charge < -0.3 is 9.72 Å². The molecule has 0 aliphatic carbocycles. The first-order valence-electron chi connectivity index (χ1n) is 9.08. The Bertz CT molecular complexity index is 995. The Kier molecular flexibility index (Phi) is 5.27. The van der Waals surface area contributed by atoms with Crippen molar-refractivity contribution in [1.29, 1.82) is 0 Å². The number of ether oxygens (including phenoxy) is 1. The number of hydrogen-bond acceptors (Lipinski definition) is 3. The van der Waals surface area contributed by atoms with Crippen LogP contribution in [-0.2, 0) is 14.9 Å². The fourth-order valence-corrected chi connectivity index (χ4v) is 4.73. The van der Waals surface area contributed by atoms with Crippen molar-refractivity contribution in [3.05, 3.63) is 71.9 Å². The molecule has 4 rings (SSSR count). The molecule has 6 nitrogen and oxygen atoms in total. The average molecular weight is 385 g/mol. The molecular weight excluding hydrogens is 362 g/mol. The number of hydrogen-bond donors (Lipinski definition) is 2. The Morgan fingerprint density at radius 1 is 1.04 bits per heavy atom. The highest BCUT2D eigenvalue weighted by Crippen LogP contribution is 2.30. The number of morpholine rings is 1. The Hall–Kier alpha value is -2.19. The van der Waals surface area contributed by atoms with E-state index in [1.807, 2.05) is 54.7 Å². The lowest BCUT2D eigenvalue weighted by atomic mass is 9.91. The quantitative estimate of drug-likeness (QED) is 0.685. The van der Waals surface area contributed by atoms with E-state index in [4.69, 9.17) is 4.74 Å². The lowest BCUT2D eigenvalue weighted by molar-refractivity contribution is 0.0725. The van der Waals surface area contributed by atoms with Crippen LogP contribution in [0.15, 0.2) is 60.8 Å². The van der Waals surface area contributed by atoms with Gasteiger partial charge in [-0.2, -0.15) is 12.7 Å². The zero-order chi connectivity index (χ0) is 18.7.